The van der Waals surface area contributed by atoms with Gasteiger partial charge in [0.15, 0.2) is 0 Å². The molecule has 196 valence electrons. The minimum Gasteiger partial charge on any atom is -0.349 e. The van der Waals surface area contributed by atoms with Gasteiger partial charge in [0.25, 0.3) is 0 Å². The second-order valence-corrected chi connectivity index (χ2v) is 12.8. The van der Waals surface area contributed by atoms with Crippen molar-refractivity contribution in [1.82, 2.24) is 24.7 Å². The van der Waals surface area contributed by atoms with E-state index in [4.69, 9.17) is 16.6 Å². The molecule has 0 aromatic carbocycles. The molecule has 2 bridgehead atoms. The van der Waals surface area contributed by atoms with Crippen molar-refractivity contribution >= 4 is 34.8 Å². The summed E-state index contributed by atoms with van der Waals surface area (Å²) in [6.07, 6.45) is 6.56. The van der Waals surface area contributed by atoms with Crippen molar-refractivity contribution in [2.24, 2.45) is 5.92 Å². The lowest BCUT2D eigenvalue weighted by molar-refractivity contribution is -0.135. The fraction of sp³-hybridized carbons (Fsp3) is 0.667. The number of amides is 2. The Balaban J connectivity index is 1.26. The molecule has 4 atom stereocenters. The van der Waals surface area contributed by atoms with E-state index in [0.29, 0.717) is 24.7 Å². The summed E-state index contributed by atoms with van der Waals surface area (Å²) >= 11 is 7.74. The van der Waals surface area contributed by atoms with Crippen LogP contribution in [0.1, 0.15) is 87.0 Å². The standard InChI is InChI=1S/C27H38ClN5O2S/c1-16(2)27(35)31-11-10-24-23(15-31)29-17(3)33(24)21-13-19-5-6-20(14-21)32(19)12-9-22(30-18(4)34)25-7-8-26(28)36-25/h7-8,16,19-22H,5-6,9-15H2,1-4H3,(H,30,34)/t19-,20+,21?,22-/m0/s1. The van der Waals surface area contributed by atoms with E-state index in [1.807, 2.05) is 30.9 Å². The number of nitrogens with zero attached hydrogens (tertiary/aromatic N) is 4. The second kappa shape index (κ2) is 10.5. The van der Waals surface area contributed by atoms with Gasteiger partial charge in [-0.15, -0.1) is 11.3 Å². The third kappa shape index (κ3) is 5.09. The summed E-state index contributed by atoms with van der Waals surface area (Å²) in [5.74, 6) is 1.34. The number of carbonyl (C=O) groups excluding carboxylic acids is 2. The lowest BCUT2D eigenvalue weighted by Gasteiger charge is -2.41. The number of nitrogens with one attached hydrogen (secondary N) is 1. The maximum atomic E-state index is 12.5. The van der Waals surface area contributed by atoms with Crippen molar-refractivity contribution in [3.8, 4) is 0 Å². The predicted octanol–water partition coefficient (Wildman–Crippen LogP) is 4.88. The van der Waals surface area contributed by atoms with E-state index in [2.05, 4.69) is 21.7 Å². The van der Waals surface area contributed by atoms with Crippen molar-refractivity contribution in [1.29, 1.82) is 0 Å². The summed E-state index contributed by atoms with van der Waals surface area (Å²) in [5.41, 5.74) is 2.44. The second-order valence-electron chi connectivity index (χ2n) is 11.0. The van der Waals surface area contributed by atoms with Crippen molar-refractivity contribution in [2.75, 3.05) is 13.1 Å². The first-order chi connectivity index (χ1) is 17.2. The van der Waals surface area contributed by atoms with Gasteiger partial charge in [-0.05, 0) is 51.2 Å². The summed E-state index contributed by atoms with van der Waals surface area (Å²) in [6.45, 7) is 10.1. The molecule has 2 aromatic heterocycles. The maximum Gasteiger partial charge on any atom is 0.225 e. The molecule has 2 aromatic rings. The third-order valence-electron chi connectivity index (χ3n) is 8.25. The Labute approximate surface area is 223 Å². The molecule has 7 nitrogen and oxygen atoms in total. The molecule has 1 N–H and O–H groups in total. The van der Waals surface area contributed by atoms with Crippen LogP contribution in [0.2, 0.25) is 4.34 Å². The van der Waals surface area contributed by atoms with Crippen LogP contribution in [0, 0.1) is 12.8 Å². The van der Waals surface area contributed by atoms with Gasteiger partial charge in [-0.2, -0.15) is 0 Å². The minimum atomic E-state index is 0.000203. The van der Waals surface area contributed by atoms with Crippen molar-refractivity contribution in [3.05, 3.63) is 38.6 Å². The number of aryl methyl sites for hydroxylation is 1. The maximum absolute atomic E-state index is 12.5. The van der Waals surface area contributed by atoms with Gasteiger partial charge in [-0.3, -0.25) is 14.5 Å². The number of piperidine rings is 1. The number of hydrogen-bond donors (Lipinski definition) is 1. The Morgan fingerprint density at radius 2 is 1.92 bits per heavy atom. The van der Waals surface area contributed by atoms with Crippen LogP contribution in [0.5, 0.6) is 0 Å². The summed E-state index contributed by atoms with van der Waals surface area (Å²) in [5, 5.41) is 3.14. The fourth-order valence-corrected chi connectivity index (χ4v) is 7.87. The van der Waals surface area contributed by atoms with E-state index in [0.717, 1.165) is 59.5 Å². The molecule has 0 aliphatic carbocycles. The predicted molar refractivity (Wildman–Crippen MR) is 143 cm³/mol. The molecule has 2 fully saturated rings. The average Bonchev–Trinajstić information content (AvgIpc) is 3.47. The molecule has 5 rings (SSSR count). The molecule has 36 heavy (non-hydrogen) atoms. The Bertz CT molecular complexity index is 1110. The molecule has 0 spiro atoms. The van der Waals surface area contributed by atoms with Crippen LogP contribution in [0.3, 0.4) is 0 Å². The Morgan fingerprint density at radius 3 is 2.53 bits per heavy atom. The first kappa shape index (κ1) is 25.7. The number of halogens is 1. The van der Waals surface area contributed by atoms with Crippen molar-refractivity contribution < 1.29 is 9.59 Å². The molecule has 9 heteroatoms. The van der Waals surface area contributed by atoms with Gasteiger partial charge in [-0.25, -0.2) is 4.98 Å². The van der Waals surface area contributed by atoms with Crippen LogP contribution in [0.25, 0.3) is 0 Å². The van der Waals surface area contributed by atoms with E-state index in [1.54, 1.807) is 18.3 Å². The number of imidazole rings is 1. The van der Waals surface area contributed by atoms with E-state index in [9.17, 15) is 9.59 Å². The van der Waals surface area contributed by atoms with E-state index < -0.39 is 0 Å². The van der Waals surface area contributed by atoms with E-state index in [1.165, 1.54) is 18.5 Å². The molecule has 5 heterocycles. The van der Waals surface area contributed by atoms with Gasteiger partial charge >= 0.3 is 0 Å². The van der Waals surface area contributed by atoms with Gasteiger partial charge in [0.1, 0.15) is 5.82 Å². The molecular formula is C27H38ClN5O2S. The Morgan fingerprint density at radius 1 is 1.19 bits per heavy atom. The topological polar surface area (TPSA) is 70.5 Å². The number of thiophene rings is 1. The minimum absolute atomic E-state index is 0.000203. The Hall–Kier alpha value is -1.90. The SMILES string of the molecule is CC(=O)N[C@@H](CCN1[C@@H]2CC[C@H]1CC(n1c(C)nc3c1CCN(C(=O)C(C)C)C3)C2)c1ccc(Cl)s1. The van der Waals surface area contributed by atoms with Crippen molar-refractivity contribution in [2.45, 2.75) is 96.9 Å². The monoisotopic (exact) mass is 531 g/mol. The number of rotatable bonds is 7. The van der Waals surface area contributed by atoms with Crippen LogP contribution in [0.15, 0.2) is 12.1 Å². The molecule has 3 aliphatic rings. The highest BCUT2D eigenvalue weighted by molar-refractivity contribution is 7.16. The summed E-state index contributed by atoms with van der Waals surface area (Å²) in [7, 11) is 0. The lowest BCUT2D eigenvalue weighted by Crippen LogP contribution is -2.45. The Kier molecular flexibility index (Phi) is 7.48. The molecular weight excluding hydrogens is 494 g/mol. The largest absolute Gasteiger partial charge is 0.349 e. The van der Waals surface area contributed by atoms with Crippen LogP contribution >= 0.6 is 22.9 Å². The first-order valence-electron chi connectivity index (χ1n) is 13.3. The van der Waals surface area contributed by atoms with Crippen LogP contribution in [-0.4, -0.2) is 56.3 Å². The van der Waals surface area contributed by atoms with Crippen molar-refractivity contribution in [3.63, 3.8) is 0 Å². The number of aromatic nitrogens is 2. The quantitative estimate of drug-likeness (QED) is 0.552. The van der Waals surface area contributed by atoms with Crippen LogP contribution in [-0.2, 0) is 22.6 Å². The zero-order valence-corrected chi connectivity index (χ0v) is 23.4. The van der Waals surface area contributed by atoms with Gasteiger partial charge in [0, 0.05) is 61.0 Å². The molecule has 3 aliphatic heterocycles. The highest BCUT2D eigenvalue weighted by Gasteiger charge is 2.42. The number of fused-ring (bicyclic) bond motifs is 3. The van der Waals surface area contributed by atoms with Gasteiger partial charge in [0.05, 0.1) is 22.6 Å². The fourth-order valence-electron chi connectivity index (χ4n) is 6.72. The zero-order valence-electron chi connectivity index (χ0n) is 21.8. The van der Waals surface area contributed by atoms with Gasteiger partial charge in [0.2, 0.25) is 11.8 Å². The summed E-state index contributed by atoms with van der Waals surface area (Å²) in [4.78, 5) is 35.1. The number of hydrogen-bond acceptors (Lipinski definition) is 5. The lowest BCUT2D eigenvalue weighted by atomic mass is 9.95. The third-order valence-corrected chi connectivity index (χ3v) is 9.59. The average molecular weight is 532 g/mol. The highest BCUT2D eigenvalue weighted by atomic mass is 35.5. The molecule has 0 radical (unpaired) electrons. The normalized spacial score (nSPS) is 24.7. The van der Waals surface area contributed by atoms with E-state index in [-0.39, 0.29) is 23.8 Å². The molecule has 2 amide bonds. The van der Waals surface area contributed by atoms with Crippen LogP contribution in [0.4, 0.5) is 0 Å². The highest BCUT2D eigenvalue weighted by Crippen LogP contribution is 2.43. The molecule has 2 saturated heterocycles. The molecule has 1 unspecified atom stereocenters. The summed E-state index contributed by atoms with van der Waals surface area (Å²) in [6, 6.07) is 5.57. The first-order valence-corrected chi connectivity index (χ1v) is 14.5. The molecule has 0 saturated carbocycles. The summed E-state index contributed by atoms with van der Waals surface area (Å²) < 4.78 is 3.28. The zero-order chi connectivity index (χ0) is 25.6. The van der Waals surface area contributed by atoms with Gasteiger partial charge < -0.3 is 14.8 Å². The smallest absolute Gasteiger partial charge is 0.225 e. The van der Waals surface area contributed by atoms with E-state index >= 15 is 0 Å². The van der Waals surface area contributed by atoms with Gasteiger partial charge in [-0.1, -0.05) is 25.4 Å². The number of carbonyl (C=O) groups is 2. The van der Waals surface area contributed by atoms with Crippen LogP contribution < -0.4 is 5.32 Å².